The molecule has 18 heavy (non-hydrogen) atoms. The van der Waals surface area contributed by atoms with Crippen molar-refractivity contribution in [1.82, 2.24) is 4.98 Å². The van der Waals surface area contributed by atoms with Crippen molar-refractivity contribution in [2.75, 3.05) is 0 Å². The van der Waals surface area contributed by atoms with E-state index in [1.165, 1.54) is 0 Å². The molecule has 2 rings (SSSR count). The average Bonchev–Trinajstić information content (AvgIpc) is 2.48. The number of nitrogens with zero attached hydrogens (tertiary/aromatic N) is 1. The Morgan fingerprint density at radius 1 is 1.17 bits per heavy atom. The third kappa shape index (κ3) is 2.00. The van der Waals surface area contributed by atoms with E-state index >= 15 is 0 Å². The first-order valence-electron chi connectivity index (χ1n) is 6.21. The first-order valence-corrected chi connectivity index (χ1v) is 6.21. The highest BCUT2D eigenvalue weighted by atomic mass is 16.7. The van der Waals surface area contributed by atoms with Crippen molar-refractivity contribution in [3.63, 3.8) is 0 Å². The van der Waals surface area contributed by atoms with Crippen LogP contribution < -0.4 is 5.46 Å². The topological polar surface area (TPSA) is 31.4 Å². The average molecular weight is 245 g/mol. The fourth-order valence-electron chi connectivity index (χ4n) is 1.97. The van der Waals surface area contributed by atoms with Crippen LogP contribution in [0.4, 0.5) is 0 Å². The molecule has 1 aromatic rings. The van der Waals surface area contributed by atoms with Crippen LogP contribution in [0.1, 0.15) is 38.8 Å². The van der Waals surface area contributed by atoms with Gasteiger partial charge < -0.3 is 9.31 Å². The Balaban J connectivity index is 2.38. The van der Waals surface area contributed by atoms with Gasteiger partial charge in [0.25, 0.3) is 0 Å². The third-order valence-electron chi connectivity index (χ3n) is 4.02. The lowest BCUT2D eigenvalue weighted by Gasteiger charge is -2.32. The fourth-order valence-corrected chi connectivity index (χ4v) is 1.97. The van der Waals surface area contributed by atoms with Gasteiger partial charge in [-0.15, -0.1) is 0 Å². The molecular formula is C14H20BNO2. The van der Waals surface area contributed by atoms with Crippen LogP contribution in [-0.4, -0.2) is 23.3 Å². The van der Waals surface area contributed by atoms with Crippen LogP contribution in [-0.2, 0) is 9.31 Å². The van der Waals surface area contributed by atoms with E-state index in [-0.39, 0.29) is 18.3 Å². The van der Waals surface area contributed by atoms with Crippen molar-refractivity contribution in [2.24, 2.45) is 0 Å². The molecule has 2 heterocycles. The number of rotatable bonds is 2. The van der Waals surface area contributed by atoms with E-state index in [0.717, 1.165) is 16.6 Å². The second-order valence-corrected chi connectivity index (χ2v) is 5.74. The van der Waals surface area contributed by atoms with Gasteiger partial charge in [-0.25, -0.2) is 0 Å². The number of hydrogen-bond acceptors (Lipinski definition) is 3. The van der Waals surface area contributed by atoms with Gasteiger partial charge in [0.05, 0.1) is 11.2 Å². The number of hydrogen-bond donors (Lipinski definition) is 0. The summed E-state index contributed by atoms with van der Waals surface area (Å²) in [5.41, 5.74) is 2.45. The molecular weight excluding hydrogens is 225 g/mol. The molecule has 0 atom stereocenters. The summed E-state index contributed by atoms with van der Waals surface area (Å²) in [6.45, 7) is 14.0. The third-order valence-corrected chi connectivity index (χ3v) is 4.02. The number of aromatic nitrogens is 1. The Morgan fingerprint density at radius 2 is 1.72 bits per heavy atom. The van der Waals surface area contributed by atoms with E-state index < -0.39 is 0 Å². The quantitative estimate of drug-likeness (QED) is 0.749. The molecule has 0 spiro atoms. The highest BCUT2D eigenvalue weighted by Crippen LogP contribution is 2.36. The molecule has 0 saturated carbocycles. The van der Waals surface area contributed by atoms with Crippen molar-refractivity contribution < 1.29 is 9.31 Å². The van der Waals surface area contributed by atoms with Gasteiger partial charge in [0.15, 0.2) is 0 Å². The van der Waals surface area contributed by atoms with Gasteiger partial charge in [-0.2, -0.15) is 0 Å². The van der Waals surface area contributed by atoms with E-state index in [0.29, 0.717) is 0 Å². The van der Waals surface area contributed by atoms with Gasteiger partial charge in [-0.1, -0.05) is 12.7 Å². The minimum Gasteiger partial charge on any atom is -0.399 e. The van der Waals surface area contributed by atoms with Gasteiger partial charge in [0, 0.05) is 17.9 Å². The van der Waals surface area contributed by atoms with Crippen LogP contribution in [0.2, 0.25) is 0 Å². The van der Waals surface area contributed by atoms with Crippen LogP contribution in [0.15, 0.2) is 19.0 Å². The maximum Gasteiger partial charge on any atom is 0.496 e. The molecule has 96 valence electrons. The van der Waals surface area contributed by atoms with Crippen LogP contribution in [0, 0.1) is 6.92 Å². The summed E-state index contributed by atoms with van der Waals surface area (Å²) in [6.07, 6.45) is 5.42. The molecule has 1 aliphatic rings. The van der Waals surface area contributed by atoms with Crippen LogP contribution in [0.25, 0.3) is 6.08 Å². The summed E-state index contributed by atoms with van der Waals surface area (Å²) >= 11 is 0. The molecule has 0 unspecified atom stereocenters. The zero-order valence-corrected chi connectivity index (χ0v) is 11.8. The van der Waals surface area contributed by atoms with Gasteiger partial charge >= 0.3 is 7.12 Å². The first kappa shape index (κ1) is 13.3. The largest absolute Gasteiger partial charge is 0.496 e. The molecule has 0 radical (unpaired) electrons. The Bertz CT molecular complexity index is 467. The minimum atomic E-state index is -0.359. The van der Waals surface area contributed by atoms with Gasteiger partial charge in [-0.05, 0) is 45.7 Å². The van der Waals surface area contributed by atoms with E-state index in [1.807, 2.05) is 40.8 Å². The van der Waals surface area contributed by atoms with E-state index in [9.17, 15) is 0 Å². The van der Waals surface area contributed by atoms with E-state index in [4.69, 9.17) is 9.31 Å². The van der Waals surface area contributed by atoms with Crippen molar-refractivity contribution >= 4 is 18.7 Å². The molecule has 0 aliphatic carbocycles. The molecule has 1 aromatic heterocycles. The second-order valence-electron chi connectivity index (χ2n) is 5.74. The molecule has 4 heteroatoms. The smallest absolute Gasteiger partial charge is 0.399 e. The maximum atomic E-state index is 6.03. The molecule has 0 aromatic carbocycles. The Hall–Kier alpha value is -1.13. The normalized spacial score (nSPS) is 21.1. The zero-order chi connectivity index (χ0) is 13.6. The molecule has 0 amide bonds. The fraction of sp³-hybridized carbons (Fsp3) is 0.500. The summed E-state index contributed by atoms with van der Waals surface area (Å²) in [6, 6.07) is 0. The van der Waals surface area contributed by atoms with E-state index in [2.05, 4.69) is 11.6 Å². The van der Waals surface area contributed by atoms with E-state index in [1.54, 1.807) is 12.3 Å². The van der Waals surface area contributed by atoms with Crippen LogP contribution in [0.3, 0.4) is 0 Å². The Labute approximate surface area is 109 Å². The second kappa shape index (κ2) is 4.21. The molecule has 1 fully saturated rings. The van der Waals surface area contributed by atoms with Crippen molar-refractivity contribution in [2.45, 2.75) is 45.8 Å². The molecule has 1 aliphatic heterocycles. The summed E-state index contributed by atoms with van der Waals surface area (Å²) in [5, 5.41) is 0. The Morgan fingerprint density at radius 3 is 2.22 bits per heavy atom. The summed E-state index contributed by atoms with van der Waals surface area (Å²) in [4.78, 5) is 4.23. The predicted octanol–water partition coefficient (Wildman–Crippen LogP) is 2.33. The van der Waals surface area contributed by atoms with Crippen LogP contribution in [0.5, 0.6) is 0 Å². The highest BCUT2D eigenvalue weighted by molar-refractivity contribution is 6.62. The molecule has 0 bridgehead atoms. The lowest BCUT2D eigenvalue weighted by Crippen LogP contribution is -2.41. The van der Waals surface area contributed by atoms with Gasteiger partial charge in [0.2, 0.25) is 0 Å². The van der Waals surface area contributed by atoms with Gasteiger partial charge in [0.1, 0.15) is 0 Å². The SMILES string of the molecule is C=Cc1cncc(B2OC(C)(C)C(C)(C)O2)c1C. The first-order chi connectivity index (χ1) is 8.28. The van der Waals surface area contributed by atoms with Crippen LogP contribution >= 0.6 is 0 Å². The molecule has 0 N–H and O–H groups in total. The molecule has 3 nitrogen and oxygen atoms in total. The predicted molar refractivity (Wildman–Crippen MR) is 74.8 cm³/mol. The zero-order valence-electron chi connectivity index (χ0n) is 11.8. The van der Waals surface area contributed by atoms with Crippen molar-refractivity contribution in [3.8, 4) is 0 Å². The molecule has 1 saturated heterocycles. The maximum absolute atomic E-state index is 6.03. The summed E-state index contributed by atoms with van der Waals surface area (Å²) in [5.74, 6) is 0. The van der Waals surface area contributed by atoms with Crippen molar-refractivity contribution in [3.05, 3.63) is 30.1 Å². The lowest BCUT2D eigenvalue weighted by molar-refractivity contribution is 0.00578. The van der Waals surface area contributed by atoms with Gasteiger partial charge in [-0.3, -0.25) is 4.98 Å². The summed E-state index contributed by atoms with van der Waals surface area (Å²) < 4.78 is 12.1. The highest BCUT2D eigenvalue weighted by Gasteiger charge is 2.52. The standard InChI is InChI=1S/C14H20BNO2/c1-7-11-8-16-9-12(10(11)2)15-17-13(3,4)14(5,6)18-15/h7-9H,1H2,2-6H3. The summed E-state index contributed by atoms with van der Waals surface area (Å²) in [7, 11) is -0.359. The minimum absolute atomic E-state index is 0.325. The van der Waals surface area contributed by atoms with Crippen molar-refractivity contribution in [1.29, 1.82) is 0 Å². The Kier molecular flexibility index (Phi) is 3.12. The number of pyridine rings is 1. The monoisotopic (exact) mass is 245 g/mol. The lowest BCUT2D eigenvalue weighted by atomic mass is 9.76.